The molecular formula is C26H28FN3O. The van der Waals surface area contributed by atoms with Crippen molar-refractivity contribution in [1.29, 1.82) is 0 Å². The summed E-state index contributed by atoms with van der Waals surface area (Å²) in [7, 11) is 0. The maximum Gasteiger partial charge on any atom is 0.237 e. The third kappa shape index (κ3) is 3.28. The minimum atomic E-state index is -0.416. The van der Waals surface area contributed by atoms with E-state index < -0.39 is 5.41 Å². The fourth-order valence-corrected chi connectivity index (χ4v) is 5.03. The number of anilines is 1. The van der Waals surface area contributed by atoms with Gasteiger partial charge in [0.05, 0.1) is 5.41 Å². The molecule has 31 heavy (non-hydrogen) atoms. The molecule has 2 aliphatic heterocycles. The van der Waals surface area contributed by atoms with Crippen molar-refractivity contribution in [2.24, 2.45) is 0 Å². The maximum atomic E-state index is 13.5. The first-order chi connectivity index (χ1) is 15.0. The molecule has 5 heteroatoms. The number of rotatable bonds is 5. The van der Waals surface area contributed by atoms with E-state index >= 15 is 0 Å². The molecule has 0 saturated heterocycles. The quantitative estimate of drug-likeness (QED) is 0.627. The number of nitrogens with one attached hydrogen (secondary N) is 1. The number of nitrogens with zero attached hydrogens (tertiary/aromatic N) is 2. The number of halogens is 1. The van der Waals surface area contributed by atoms with Crippen LogP contribution in [0.2, 0.25) is 0 Å². The van der Waals surface area contributed by atoms with Crippen molar-refractivity contribution in [2.75, 3.05) is 31.1 Å². The van der Waals surface area contributed by atoms with Crippen molar-refractivity contribution in [2.45, 2.75) is 32.1 Å². The minimum Gasteiger partial charge on any atom is -0.360 e. The van der Waals surface area contributed by atoms with E-state index in [0.29, 0.717) is 6.54 Å². The Hall–Kier alpha value is -2.92. The van der Waals surface area contributed by atoms with E-state index in [1.165, 1.54) is 11.6 Å². The van der Waals surface area contributed by atoms with Gasteiger partial charge < -0.3 is 9.88 Å². The number of aromatic nitrogens is 1. The molecule has 0 bridgehead atoms. The monoisotopic (exact) mass is 417 g/mol. The van der Waals surface area contributed by atoms with Crippen LogP contribution in [-0.2, 0) is 10.2 Å². The van der Waals surface area contributed by atoms with Crippen molar-refractivity contribution in [3.8, 4) is 0 Å². The Morgan fingerprint density at radius 2 is 2.00 bits per heavy atom. The molecule has 0 saturated carbocycles. The Labute approximate surface area is 182 Å². The maximum absolute atomic E-state index is 13.5. The van der Waals surface area contributed by atoms with Gasteiger partial charge in [0.1, 0.15) is 5.82 Å². The average molecular weight is 418 g/mol. The third-order valence-corrected chi connectivity index (χ3v) is 7.14. The van der Waals surface area contributed by atoms with Crippen LogP contribution >= 0.6 is 0 Å². The lowest BCUT2D eigenvalue weighted by atomic mass is 9.81. The van der Waals surface area contributed by atoms with Gasteiger partial charge in [-0.05, 0) is 55.2 Å². The van der Waals surface area contributed by atoms with E-state index in [2.05, 4.69) is 41.9 Å². The first kappa shape index (κ1) is 20.0. The Balaban J connectivity index is 1.28. The van der Waals surface area contributed by atoms with Gasteiger partial charge in [0.15, 0.2) is 0 Å². The van der Waals surface area contributed by atoms with Crippen LogP contribution in [0.5, 0.6) is 0 Å². The van der Waals surface area contributed by atoms with Crippen molar-refractivity contribution in [3.63, 3.8) is 0 Å². The normalized spacial score (nSPS) is 21.6. The van der Waals surface area contributed by atoms with E-state index in [4.69, 9.17) is 0 Å². The van der Waals surface area contributed by atoms with Gasteiger partial charge in [-0.3, -0.25) is 9.69 Å². The number of carbonyl (C=O) groups excluding carboxylic acids is 1. The predicted octanol–water partition coefficient (Wildman–Crippen LogP) is 5.11. The molecule has 0 radical (unpaired) electrons. The lowest BCUT2D eigenvalue weighted by Crippen LogP contribution is -2.42. The topological polar surface area (TPSA) is 39.3 Å². The molecule has 3 heterocycles. The number of hydrogen-bond acceptors (Lipinski definition) is 2. The van der Waals surface area contributed by atoms with Gasteiger partial charge in [-0.2, -0.15) is 0 Å². The van der Waals surface area contributed by atoms with E-state index in [0.717, 1.165) is 60.2 Å². The molecule has 5 rings (SSSR count). The fourth-order valence-electron chi connectivity index (χ4n) is 5.03. The SMILES string of the molecule is CCC1(C)C(=O)N(CCN2CC=C(c3c[nH]c4cc(F)ccc34)CC2)c2ccccc21. The number of para-hydroxylation sites is 1. The van der Waals surface area contributed by atoms with Crippen molar-refractivity contribution >= 4 is 28.1 Å². The highest BCUT2D eigenvalue weighted by molar-refractivity contribution is 6.07. The predicted molar refractivity (Wildman–Crippen MR) is 124 cm³/mol. The van der Waals surface area contributed by atoms with Crippen LogP contribution in [0.4, 0.5) is 10.1 Å². The molecule has 1 atom stereocenters. The zero-order chi connectivity index (χ0) is 21.6. The first-order valence-electron chi connectivity index (χ1n) is 11.1. The van der Waals surface area contributed by atoms with E-state index in [-0.39, 0.29) is 11.7 Å². The molecule has 3 aromatic rings. The van der Waals surface area contributed by atoms with Crippen molar-refractivity contribution in [1.82, 2.24) is 9.88 Å². The van der Waals surface area contributed by atoms with E-state index in [1.807, 2.05) is 29.3 Å². The highest BCUT2D eigenvalue weighted by atomic mass is 19.1. The van der Waals surface area contributed by atoms with Gasteiger partial charge in [0.2, 0.25) is 5.91 Å². The largest absolute Gasteiger partial charge is 0.360 e. The summed E-state index contributed by atoms with van der Waals surface area (Å²) in [5, 5.41) is 1.07. The molecular weight excluding hydrogens is 389 g/mol. The Morgan fingerprint density at radius 3 is 2.77 bits per heavy atom. The lowest BCUT2D eigenvalue weighted by molar-refractivity contribution is -0.122. The molecule has 2 aromatic carbocycles. The van der Waals surface area contributed by atoms with Crippen LogP contribution in [0, 0.1) is 5.82 Å². The number of aromatic amines is 1. The third-order valence-electron chi connectivity index (χ3n) is 7.14. The molecule has 0 spiro atoms. The van der Waals surface area contributed by atoms with E-state index in [1.54, 1.807) is 6.07 Å². The number of H-pyrrole nitrogens is 1. The summed E-state index contributed by atoms with van der Waals surface area (Å²) < 4.78 is 13.5. The molecule has 1 amide bonds. The zero-order valence-corrected chi connectivity index (χ0v) is 18.1. The van der Waals surface area contributed by atoms with Gasteiger partial charge >= 0.3 is 0 Å². The fraction of sp³-hybridized carbons (Fsp3) is 0.346. The number of hydrogen-bond donors (Lipinski definition) is 1. The highest BCUT2D eigenvalue weighted by Gasteiger charge is 2.45. The van der Waals surface area contributed by atoms with Crippen LogP contribution in [-0.4, -0.2) is 42.0 Å². The average Bonchev–Trinajstić information content (AvgIpc) is 3.30. The number of benzene rings is 2. The second-order valence-corrected chi connectivity index (χ2v) is 8.83. The van der Waals surface area contributed by atoms with Gasteiger partial charge in [0, 0.05) is 54.5 Å². The van der Waals surface area contributed by atoms with Gasteiger partial charge in [-0.1, -0.05) is 31.2 Å². The molecule has 160 valence electrons. The summed E-state index contributed by atoms with van der Waals surface area (Å²) in [6, 6.07) is 13.1. The Kier molecular flexibility index (Phi) is 4.94. The van der Waals surface area contributed by atoms with Crippen LogP contribution < -0.4 is 4.90 Å². The van der Waals surface area contributed by atoms with Gasteiger partial charge in [-0.25, -0.2) is 4.39 Å². The molecule has 2 aliphatic rings. The molecule has 1 aromatic heterocycles. The summed E-state index contributed by atoms with van der Waals surface area (Å²) in [4.78, 5) is 20.8. The first-order valence-corrected chi connectivity index (χ1v) is 11.1. The van der Waals surface area contributed by atoms with Crippen LogP contribution in [0.1, 0.15) is 37.8 Å². The summed E-state index contributed by atoms with van der Waals surface area (Å²) in [6.07, 6.45) is 6.01. The summed E-state index contributed by atoms with van der Waals surface area (Å²) in [5.41, 5.74) is 5.10. The number of amides is 1. The molecule has 4 nitrogen and oxygen atoms in total. The molecule has 1 N–H and O–H groups in total. The molecule has 0 aliphatic carbocycles. The Bertz CT molecular complexity index is 1180. The second-order valence-electron chi connectivity index (χ2n) is 8.83. The van der Waals surface area contributed by atoms with Crippen molar-refractivity contribution in [3.05, 3.63) is 71.7 Å². The van der Waals surface area contributed by atoms with Crippen LogP contribution in [0.3, 0.4) is 0 Å². The summed E-state index contributed by atoms with van der Waals surface area (Å²) in [6.45, 7) is 7.53. The second kappa shape index (κ2) is 7.65. The molecule has 0 fully saturated rings. The van der Waals surface area contributed by atoms with Crippen LogP contribution in [0.15, 0.2) is 54.7 Å². The Morgan fingerprint density at radius 1 is 1.16 bits per heavy atom. The standard InChI is InChI=1S/C26H28FN3O/c1-3-26(2)22-6-4-5-7-24(22)30(25(26)31)15-14-29-12-10-18(11-13-29)21-17-28-23-16-19(27)8-9-20(21)23/h4-10,16-17,28H,3,11-15H2,1-2H3. The van der Waals surface area contributed by atoms with Gasteiger partial charge in [0.25, 0.3) is 0 Å². The smallest absolute Gasteiger partial charge is 0.237 e. The number of fused-ring (bicyclic) bond motifs is 2. The highest BCUT2D eigenvalue weighted by Crippen LogP contribution is 2.43. The summed E-state index contributed by atoms with van der Waals surface area (Å²) in [5.74, 6) is -0.00244. The lowest BCUT2D eigenvalue weighted by Gasteiger charge is -2.29. The van der Waals surface area contributed by atoms with E-state index in [9.17, 15) is 9.18 Å². The van der Waals surface area contributed by atoms with Crippen LogP contribution in [0.25, 0.3) is 16.5 Å². The number of carbonyl (C=O) groups is 1. The zero-order valence-electron chi connectivity index (χ0n) is 18.1. The van der Waals surface area contributed by atoms with Gasteiger partial charge in [-0.15, -0.1) is 0 Å². The molecule has 1 unspecified atom stereocenters. The minimum absolute atomic E-state index is 0.218. The summed E-state index contributed by atoms with van der Waals surface area (Å²) >= 11 is 0. The van der Waals surface area contributed by atoms with Crippen molar-refractivity contribution < 1.29 is 9.18 Å².